The smallest absolute Gasteiger partial charge is 0.161 e. The maximum atomic E-state index is 6.39. The molecule has 0 saturated heterocycles. The van der Waals surface area contributed by atoms with Crippen molar-refractivity contribution >= 4 is 11.6 Å². The number of hydrogen-bond acceptors (Lipinski definition) is 4. The quantitative estimate of drug-likeness (QED) is 0.947. The second kappa shape index (κ2) is 5.58. The molecule has 0 radical (unpaired) electrons. The van der Waals surface area contributed by atoms with Crippen LogP contribution in [0.1, 0.15) is 37.2 Å². The fraction of sp³-hybridized carbons (Fsp3) is 0.400. The van der Waals surface area contributed by atoms with Crippen LogP contribution in [-0.2, 0) is 0 Å². The molecule has 3 rings (SSSR count). The molecule has 5 nitrogen and oxygen atoms in total. The van der Waals surface area contributed by atoms with Crippen molar-refractivity contribution < 1.29 is 9.47 Å². The lowest BCUT2D eigenvalue weighted by atomic mass is 10.0. The first-order valence-electron chi connectivity index (χ1n) is 6.96. The predicted octanol–water partition coefficient (Wildman–Crippen LogP) is 2.94. The minimum absolute atomic E-state index is 0.191. The molecule has 1 aliphatic rings. The van der Waals surface area contributed by atoms with Crippen molar-refractivity contribution in [1.29, 1.82) is 0 Å². The van der Waals surface area contributed by atoms with Crippen molar-refractivity contribution in [2.75, 3.05) is 13.2 Å². The fourth-order valence-electron chi connectivity index (χ4n) is 2.46. The monoisotopic (exact) mass is 307 g/mol. The number of benzene rings is 1. The largest absolute Gasteiger partial charge is 0.486 e. The van der Waals surface area contributed by atoms with Gasteiger partial charge in [-0.1, -0.05) is 17.7 Å². The molecule has 0 bridgehead atoms. The summed E-state index contributed by atoms with van der Waals surface area (Å²) in [7, 11) is 0. The average molecular weight is 308 g/mol. The van der Waals surface area contributed by atoms with E-state index >= 15 is 0 Å². The number of ether oxygens (including phenoxy) is 2. The Morgan fingerprint density at radius 3 is 2.67 bits per heavy atom. The Hall–Kier alpha value is -1.72. The van der Waals surface area contributed by atoms with E-state index in [0.717, 1.165) is 22.8 Å². The highest BCUT2D eigenvalue weighted by molar-refractivity contribution is 6.31. The summed E-state index contributed by atoms with van der Waals surface area (Å²) in [6.45, 7) is 5.22. The molecule has 0 aliphatic carbocycles. The van der Waals surface area contributed by atoms with Crippen LogP contribution in [0.4, 0.5) is 0 Å². The standard InChI is InChI=1S/C15H18ClN3O2/c1-9(2)19-15(11(16)8-18-19)14(17)10-3-4-12-13(7-10)21-6-5-20-12/h3-4,7-9,14H,5-6,17H2,1-2H3. The van der Waals surface area contributed by atoms with Gasteiger partial charge in [-0.2, -0.15) is 5.10 Å². The van der Waals surface area contributed by atoms with Gasteiger partial charge in [-0.05, 0) is 31.5 Å². The summed E-state index contributed by atoms with van der Waals surface area (Å²) < 4.78 is 13.0. The van der Waals surface area contributed by atoms with E-state index in [-0.39, 0.29) is 12.1 Å². The summed E-state index contributed by atoms with van der Waals surface area (Å²) in [6.07, 6.45) is 1.63. The SMILES string of the molecule is CC(C)n1ncc(Cl)c1C(N)c1ccc2c(c1)OCCO2. The maximum Gasteiger partial charge on any atom is 0.161 e. The van der Waals surface area contributed by atoms with Gasteiger partial charge in [0.2, 0.25) is 0 Å². The van der Waals surface area contributed by atoms with E-state index in [2.05, 4.69) is 5.10 Å². The number of rotatable bonds is 3. The van der Waals surface area contributed by atoms with Gasteiger partial charge in [-0.3, -0.25) is 4.68 Å². The molecule has 1 aromatic heterocycles. The van der Waals surface area contributed by atoms with E-state index in [1.54, 1.807) is 6.20 Å². The molecule has 2 N–H and O–H groups in total. The molecule has 1 unspecified atom stereocenters. The van der Waals surface area contributed by atoms with Crippen LogP contribution >= 0.6 is 11.6 Å². The van der Waals surface area contributed by atoms with Gasteiger partial charge in [0.1, 0.15) is 13.2 Å². The highest BCUT2D eigenvalue weighted by Crippen LogP contribution is 2.35. The zero-order chi connectivity index (χ0) is 15.0. The molecule has 1 aromatic carbocycles. The fourth-order valence-corrected chi connectivity index (χ4v) is 2.71. The molecular weight excluding hydrogens is 290 g/mol. The van der Waals surface area contributed by atoms with Crippen molar-refractivity contribution in [1.82, 2.24) is 9.78 Å². The molecule has 2 aromatic rings. The van der Waals surface area contributed by atoms with Crippen LogP contribution in [0.5, 0.6) is 11.5 Å². The average Bonchev–Trinajstić information content (AvgIpc) is 2.88. The predicted molar refractivity (Wildman–Crippen MR) is 81.1 cm³/mol. The van der Waals surface area contributed by atoms with Crippen molar-refractivity contribution in [3.63, 3.8) is 0 Å². The van der Waals surface area contributed by atoms with Gasteiger partial charge < -0.3 is 15.2 Å². The highest BCUT2D eigenvalue weighted by atomic mass is 35.5. The number of hydrogen-bond donors (Lipinski definition) is 1. The van der Waals surface area contributed by atoms with E-state index in [1.165, 1.54) is 0 Å². The Morgan fingerprint density at radius 1 is 1.24 bits per heavy atom. The second-order valence-electron chi connectivity index (χ2n) is 5.30. The van der Waals surface area contributed by atoms with Crippen LogP contribution in [0.25, 0.3) is 0 Å². The van der Waals surface area contributed by atoms with E-state index in [4.69, 9.17) is 26.8 Å². The summed E-state index contributed by atoms with van der Waals surface area (Å²) >= 11 is 6.26. The first-order chi connectivity index (χ1) is 10.1. The minimum Gasteiger partial charge on any atom is -0.486 e. The summed E-state index contributed by atoms with van der Waals surface area (Å²) in [5.74, 6) is 1.47. The number of fused-ring (bicyclic) bond motifs is 1. The van der Waals surface area contributed by atoms with E-state index in [0.29, 0.717) is 18.2 Å². The van der Waals surface area contributed by atoms with Gasteiger partial charge in [0, 0.05) is 6.04 Å². The minimum atomic E-state index is -0.363. The first kappa shape index (κ1) is 14.2. The van der Waals surface area contributed by atoms with Crippen molar-refractivity contribution in [3.8, 4) is 11.5 Å². The normalized spacial score (nSPS) is 15.3. The number of nitrogens with zero attached hydrogens (tertiary/aromatic N) is 2. The van der Waals surface area contributed by atoms with Gasteiger partial charge >= 0.3 is 0 Å². The van der Waals surface area contributed by atoms with Crippen molar-refractivity contribution in [2.24, 2.45) is 5.73 Å². The molecule has 6 heteroatoms. The lowest BCUT2D eigenvalue weighted by Crippen LogP contribution is -2.20. The zero-order valence-electron chi connectivity index (χ0n) is 12.0. The third-order valence-corrected chi connectivity index (χ3v) is 3.79. The van der Waals surface area contributed by atoms with Crippen LogP contribution in [0.3, 0.4) is 0 Å². The lowest BCUT2D eigenvalue weighted by molar-refractivity contribution is 0.171. The molecule has 0 spiro atoms. The van der Waals surface area contributed by atoms with Gasteiger partial charge in [0.15, 0.2) is 11.5 Å². The summed E-state index contributed by atoms with van der Waals surface area (Å²) in [5, 5.41) is 4.87. The molecule has 0 amide bonds. The van der Waals surface area contributed by atoms with Crippen LogP contribution in [-0.4, -0.2) is 23.0 Å². The topological polar surface area (TPSA) is 62.3 Å². The molecule has 0 saturated carbocycles. The van der Waals surface area contributed by atoms with Crippen molar-refractivity contribution in [3.05, 3.63) is 40.7 Å². The third kappa shape index (κ3) is 2.59. The Morgan fingerprint density at radius 2 is 1.95 bits per heavy atom. The molecule has 1 atom stereocenters. The Kier molecular flexibility index (Phi) is 3.78. The summed E-state index contributed by atoms with van der Waals surface area (Å²) in [5.41, 5.74) is 8.12. The second-order valence-corrected chi connectivity index (χ2v) is 5.70. The molecule has 21 heavy (non-hydrogen) atoms. The molecule has 1 aliphatic heterocycles. The molecule has 2 heterocycles. The zero-order valence-corrected chi connectivity index (χ0v) is 12.8. The first-order valence-corrected chi connectivity index (χ1v) is 7.33. The van der Waals surface area contributed by atoms with Gasteiger partial charge in [-0.25, -0.2) is 0 Å². The van der Waals surface area contributed by atoms with Crippen LogP contribution < -0.4 is 15.2 Å². The number of halogens is 1. The van der Waals surface area contributed by atoms with Crippen LogP contribution in [0, 0.1) is 0 Å². The van der Waals surface area contributed by atoms with E-state index in [9.17, 15) is 0 Å². The summed E-state index contributed by atoms with van der Waals surface area (Å²) in [4.78, 5) is 0. The van der Waals surface area contributed by atoms with Gasteiger partial charge in [0.25, 0.3) is 0 Å². The Bertz CT molecular complexity index is 654. The van der Waals surface area contributed by atoms with E-state index in [1.807, 2.05) is 36.7 Å². The molecule has 112 valence electrons. The number of aromatic nitrogens is 2. The number of nitrogens with two attached hydrogens (primary N) is 1. The lowest BCUT2D eigenvalue weighted by Gasteiger charge is -2.22. The van der Waals surface area contributed by atoms with E-state index < -0.39 is 0 Å². The van der Waals surface area contributed by atoms with Gasteiger partial charge in [-0.15, -0.1) is 0 Å². The molecule has 0 fully saturated rings. The maximum absolute atomic E-state index is 6.39. The van der Waals surface area contributed by atoms with Crippen molar-refractivity contribution in [2.45, 2.75) is 25.9 Å². The van der Waals surface area contributed by atoms with Gasteiger partial charge in [0.05, 0.1) is 23.0 Å². The summed E-state index contributed by atoms with van der Waals surface area (Å²) in [6, 6.07) is 5.56. The third-order valence-electron chi connectivity index (χ3n) is 3.50. The highest BCUT2D eigenvalue weighted by Gasteiger charge is 2.22. The Labute approximate surface area is 128 Å². The molecular formula is C15H18ClN3O2. The van der Waals surface area contributed by atoms with Crippen LogP contribution in [0.15, 0.2) is 24.4 Å². The van der Waals surface area contributed by atoms with Crippen LogP contribution in [0.2, 0.25) is 5.02 Å². The Balaban J connectivity index is 1.99.